The average molecular weight is 406 g/mol. The third kappa shape index (κ3) is 4.20. The van der Waals surface area contributed by atoms with Crippen molar-refractivity contribution in [1.29, 1.82) is 0 Å². The Morgan fingerprint density at radius 2 is 1.97 bits per heavy atom. The van der Waals surface area contributed by atoms with E-state index in [1.807, 2.05) is 30.6 Å². The van der Waals surface area contributed by atoms with E-state index >= 15 is 0 Å². The molecule has 0 saturated carbocycles. The van der Waals surface area contributed by atoms with Crippen molar-refractivity contribution in [2.75, 3.05) is 23.3 Å². The lowest BCUT2D eigenvalue weighted by Gasteiger charge is -2.19. The van der Waals surface area contributed by atoms with Gasteiger partial charge in [0.2, 0.25) is 5.88 Å². The van der Waals surface area contributed by atoms with Crippen molar-refractivity contribution in [3.8, 4) is 0 Å². The number of hydrogen-bond acceptors (Lipinski definition) is 6. The molecular weight excluding hydrogens is 378 g/mol. The number of aromatic nitrogens is 3. The van der Waals surface area contributed by atoms with Crippen LogP contribution >= 0.6 is 0 Å². The van der Waals surface area contributed by atoms with Gasteiger partial charge in [0.05, 0.1) is 23.8 Å². The summed E-state index contributed by atoms with van der Waals surface area (Å²) < 4.78 is 5.30. The van der Waals surface area contributed by atoms with Gasteiger partial charge in [-0.15, -0.1) is 0 Å². The lowest BCUT2D eigenvalue weighted by Crippen LogP contribution is -2.20. The van der Waals surface area contributed by atoms with Crippen LogP contribution in [0.25, 0.3) is 0 Å². The molecule has 0 unspecified atom stereocenters. The molecule has 1 amide bonds. The molecule has 0 aliphatic carbocycles. The summed E-state index contributed by atoms with van der Waals surface area (Å²) in [6.45, 7) is 10.1. The Bertz CT molecular complexity index is 1040. The first-order valence-corrected chi connectivity index (χ1v) is 10.2. The number of amides is 1. The summed E-state index contributed by atoms with van der Waals surface area (Å²) >= 11 is 0. The fraction of sp³-hybridized carbons (Fsp3) is 0.391. The van der Waals surface area contributed by atoms with Crippen LogP contribution in [0.5, 0.6) is 0 Å². The van der Waals surface area contributed by atoms with E-state index in [0.29, 0.717) is 17.4 Å². The molecule has 1 aromatic carbocycles. The monoisotopic (exact) mass is 405 g/mol. The van der Waals surface area contributed by atoms with Crippen molar-refractivity contribution < 1.29 is 9.32 Å². The largest absolute Gasteiger partial charge is 0.368 e. The second-order valence-corrected chi connectivity index (χ2v) is 8.88. The predicted molar refractivity (Wildman–Crippen MR) is 116 cm³/mol. The van der Waals surface area contributed by atoms with Gasteiger partial charge in [0.1, 0.15) is 6.33 Å². The lowest BCUT2D eigenvalue weighted by molar-refractivity contribution is 0.102. The summed E-state index contributed by atoms with van der Waals surface area (Å²) in [6, 6.07) is 7.65. The molecule has 1 N–H and O–H groups in total. The van der Waals surface area contributed by atoms with E-state index in [2.05, 4.69) is 53.0 Å². The molecule has 30 heavy (non-hydrogen) atoms. The van der Waals surface area contributed by atoms with Gasteiger partial charge in [-0.3, -0.25) is 10.1 Å². The third-order valence-corrected chi connectivity index (χ3v) is 5.60. The Balaban J connectivity index is 1.49. The number of aryl methyl sites for hydroxylation is 1. The molecule has 1 fully saturated rings. The van der Waals surface area contributed by atoms with E-state index in [0.717, 1.165) is 30.9 Å². The molecule has 1 saturated heterocycles. The van der Waals surface area contributed by atoms with Crippen molar-refractivity contribution >= 4 is 17.5 Å². The zero-order valence-electron chi connectivity index (χ0n) is 17.8. The van der Waals surface area contributed by atoms with Gasteiger partial charge in [-0.25, -0.2) is 9.97 Å². The fourth-order valence-corrected chi connectivity index (χ4v) is 3.80. The lowest BCUT2D eigenvalue weighted by atomic mass is 9.92. The smallest absolute Gasteiger partial charge is 0.258 e. The standard InChI is InChI=1S/C23H27N5O2/c1-15-5-6-16(22(29)26-21-10-20(27-30-21)23(2,3)4)9-19(15)17-7-8-28(13-17)18-11-24-14-25-12-18/h5-6,9-12,14,17H,7-8,13H2,1-4H3,(H,26,29)/t17-/m1/s1. The molecule has 156 valence electrons. The highest BCUT2D eigenvalue weighted by Gasteiger charge is 2.26. The maximum atomic E-state index is 12.8. The van der Waals surface area contributed by atoms with Crippen LogP contribution in [0, 0.1) is 6.92 Å². The van der Waals surface area contributed by atoms with Crippen LogP contribution in [-0.4, -0.2) is 34.1 Å². The Morgan fingerprint density at radius 3 is 2.67 bits per heavy atom. The van der Waals surface area contributed by atoms with Gasteiger partial charge >= 0.3 is 0 Å². The highest BCUT2D eigenvalue weighted by molar-refractivity contribution is 6.03. The van der Waals surface area contributed by atoms with E-state index < -0.39 is 0 Å². The Labute approximate surface area is 176 Å². The van der Waals surface area contributed by atoms with Crippen LogP contribution in [0.15, 0.2) is 47.5 Å². The summed E-state index contributed by atoms with van der Waals surface area (Å²) in [5.74, 6) is 0.526. The molecule has 0 spiro atoms. The maximum absolute atomic E-state index is 12.8. The average Bonchev–Trinajstić information content (AvgIpc) is 3.38. The molecule has 0 radical (unpaired) electrons. The molecule has 7 heteroatoms. The van der Waals surface area contributed by atoms with Gasteiger partial charge in [-0.05, 0) is 36.6 Å². The van der Waals surface area contributed by atoms with Gasteiger partial charge in [-0.2, -0.15) is 0 Å². The SMILES string of the molecule is Cc1ccc(C(=O)Nc2cc(C(C)(C)C)no2)cc1[C@@H]1CCN(c2cncnc2)C1. The van der Waals surface area contributed by atoms with E-state index in [9.17, 15) is 4.79 Å². The number of anilines is 2. The van der Waals surface area contributed by atoms with Crippen LogP contribution in [0.3, 0.4) is 0 Å². The Hall–Kier alpha value is -3.22. The predicted octanol–water partition coefficient (Wildman–Crippen LogP) is 4.32. The van der Waals surface area contributed by atoms with Crippen molar-refractivity contribution in [3.63, 3.8) is 0 Å². The van der Waals surface area contributed by atoms with Gasteiger partial charge in [0, 0.05) is 36.1 Å². The molecule has 1 aliphatic heterocycles. The van der Waals surface area contributed by atoms with Crippen molar-refractivity contribution in [2.45, 2.75) is 45.4 Å². The molecule has 3 heterocycles. The molecular formula is C23H27N5O2. The summed E-state index contributed by atoms with van der Waals surface area (Å²) in [4.78, 5) is 23.3. The van der Waals surface area contributed by atoms with Crippen LogP contribution in [0.1, 0.15) is 60.3 Å². The number of rotatable bonds is 4. The summed E-state index contributed by atoms with van der Waals surface area (Å²) in [5, 5.41) is 6.89. The normalized spacial score (nSPS) is 16.7. The topological polar surface area (TPSA) is 84.2 Å². The van der Waals surface area contributed by atoms with Gasteiger partial charge in [0.25, 0.3) is 5.91 Å². The van der Waals surface area contributed by atoms with Crippen LogP contribution in [0.2, 0.25) is 0 Å². The molecule has 1 atom stereocenters. The number of benzene rings is 1. The molecule has 2 aromatic heterocycles. The zero-order valence-corrected chi connectivity index (χ0v) is 17.8. The molecule has 3 aromatic rings. The quantitative estimate of drug-likeness (QED) is 0.696. The summed E-state index contributed by atoms with van der Waals surface area (Å²) in [5.41, 5.74) is 4.71. The number of nitrogens with zero attached hydrogens (tertiary/aromatic N) is 4. The molecule has 7 nitrogen and oxygen atoms in total. The highest BCUT2D eigenvalue weighted by Crippen LogP contribution is 2.32. The zero-order chi connectivity index (χ0) is 21.3. The Kier molecular flexibility index (Phi) is 5.28. The third-order valence-electron chi connectivity index (χ3n) is 5.60. The second-order valence-electron chi connectivity index (χ2n) is 8.88. The molecule has 4 rings (SSSR count). The summed E-state index contributed by atoms with van der Waals surface area (Å²) in [7, 11) is 0. The molecule has 1 aliphatic rings. The number of carbonyl (C=O) groups excluding carboxylic acids is 1. The van der Waals surface area contributed by atoms with E-state index in [4.69, 9.17) is 4.52 Å². The number of carbonyl (C=O) groups is 1. The van der Waals surface area contributed by atoms with E-state index in [1.165, 1.54) is 11.1 Å². The minimum absolute atomic E-state index is 0.137. The number of hydrogen-bond donors (Lipinski definition) is 1. The van der Waals surface area contributed by atoms with E-state index in [1.54, 1.807) is 12.4 Å². The van der Waals surface area contributed by atoms with Gasteiger partial charge in [-0.1, -0.05) is 32.0 Å². The van der Waals surface area contributed by atoms with Crippen LogP contribution in [0.4, 0.5) is 11.6 Å². The van der Waals surface area contributed by atoms with Crippen LogP contribution in [-0.2, 0) is 5.41 Å². The minimum atomic E-state index is -0.195. The fourth-order valence-electron chi connectivity index (χ4n) is 3.80. The second kappa shape index (κ2) is 7.89. The summed E-state index contributed by atoms with van der Waals surface area (Å²) in [6.07, 6.45) is 6.25. The Morgan fingerprint density at radius 1 is 1.20 bits per heavy atom. The first-order valence-electron chi connectivity index (χ1n) is 10.2. The maximum Gasteiger partial charge on any atom is 0.258 e. The van der Waals surface area contributed by atoms with Crippen molar-refractivity contribution in [3.05, 3.63) is 65.4 Å². The van der Waals surface area contributed by atoms with Crippen LogP contribution < -0.4 is 10.2 Å². The number of nitrogens with one attached hydrogen (secondary N) is 1. The van der Waals surface area contributed by atoms with E-state index in [-0.39, 0.29) is 11.3 Å². The van der Waals surface area contributed by atoms with Crippen molar-refractivity contribution in [1.82, 2.24) is 15.1 Å². The highest BCUT2D eigenvalue weighted by atomic mass is 16.5. The molecule has 0 bridgehead atoms. The first kappa shape index (κ1) is 20.1. The van der Waals surface area contributed by atoms with Crippen molar-refractivity contribution in [2.24, 2.45) is 0 Å². The first-order chi connectivity index (χ1) is 14.3. The van der Waals surface area contributed by atoms with Gasteiger partial charge in [0.15, 0.2) is 0 Å². The van der Waals surface area contributed by atoms with Gasteiger partial charge < -0.3 is 9.42 Å². The minimum Gasteiger partial charge on any atom is -0.368 e.